The topological polar surface area (TPSA) is 29.1 Å². The molecule has 3 aromatic rings. The van der Waals surface area contributed by atoms with Crippen LogP contribution in [0.3, 0.4) is 0 Å². The Morgan fingerprint density at radius 1 is 0.760 bits per heavy atom. The molecule has 0 saturated carbocycles. The van der Waals surface area contributed by atoms with Gasteiger partial charge in [-0.25, -0.2) is 0 Å². The average Bonchev–Trinajstić information content (AvgIpc) is 2.69. The molecule has 25 heavy (non-hydrogen) atoms. The van der Waals surface area contributed by atoms with Crippen molar-refractivity contribution in [1.29, 1.82) is 0 Å². The number of benzene rings is 3. The first-order valence-electron chi connectivity index (χ1n) is 8.37. The van der Waals surface area contributed by atoms with Crippen LogP contribution in [0.25, 0.3) is 0 Å². The minimum Gasteiger partial charge on any atom is -0.354 e. The van der Waals surface area contributed by atoms with E-state index in [2.05, 4.69) is 29.6 Å². The predicted molar refractivity (Wildman–Crippen MR) is 105 cm³/mol. The van der Waals surface area contributed by atoms with E-state index in [-0.39, 0.29) is 11.8 Å². The lowest BCUT2D eigenvalue weighted by Gasteiger charge is -2.19. The normalized spacial score (nSPS) is 10.6. The molecule has 126 valence electrons. The largest absolute Gasteiger partial charge is 0.354 e. The molecular formula is C22H21NOS. The van der Waals surface area contributed by atoms with Crippen LogP contribution in [0, 0.1) is 0 Å². The molecule has 0 atom stereocenters. The summed E-state index contributed by atoms with van der Waals surface area (Å²) in [7, 11) is 0. The van der Waals surface area contributed by atoms with Crippen molar-refractivity contribution in [3.63, 3.8) is 0 Å². The van der Waals surface area contributed by atoms with Crippen LogP contribution in [-0.4, -0.2) is 18.2 Å². The molecule has 3 rings (SSSR count). The molecule has 0 aromatic heterocycles. The number of hydrogen-bond acceptors (Lipinski definition) is 2. The predicted octanol–water partition coefficient (Wildman–Crippen LogP) is 4.73. The quantitative estimate of drug-likeness (QED) is 0.626. The van der Waals surface area contributed by atoms with Gasteiger partial charge in [0.2, 0.25) is 5.91 Å². The minimum atomic E-state index is 0.0608. The first-order chi connectivity index (χ1) is 12.3. The second-order valence-electron chi connectivity index (χ2n) is 5.78. The van der Waals surface area contributed by atoms with E-state index in [1.54, 1.807) is 11.8 Å². The summed E-state index contributed by atoms with van der Waals surface area (Å²) >= 11 is 1.56. The van der Waals surface area contributed by atoms with Gasteiger partial charge in [0.1, 0.15) is 0 Å². The number of rotatable bonds is 7. The summed E-state index contributed by atoms with van der Waals surface area (Å²) in [5.74, 6) is 0.652. The van der Waals surface area contributed by atoms with Crippen LogP contribution in [-0.2, 0) is 4.79 Å². The summed E-state index contributed by atoms with van der Waals surface area (Å²) in [6.45, 7) is 0.599. The smallest absolute Gasteiger partial charge is 0.230 e. The minimum absolute atomic E-state index is 0.0608. The van der Waals surface area contributed by atoms with E-state index in [1.165, 1.54) is 11.1 Å². The highest BCUT2D eigenvalue weighted by Crippen LogP contribution is 2.24. The van der Waals surface area contributed by atoms with Crippen LogP contribution in [0.4, 0.5) is 0 Å². The summed E-state index contributed by atoms with van der Waals surface area (Å²) in [6, 6.07) is 30.6. The molecule has 0 radical (unpaired) electrons. The van der Waals surface area contributed by atoms with E-state index >= 15 is 0 Å². The number of hydrogen-bond donors (Lipinski definition) is 1. The maximum Gasteiger partial charge on any atom is 0.230 e. The highest BCUT2D eigenvalue weighted by Gasteiger charge is 2.15. The first-order valence-corrected chi connectivity index (χ1v) is 9.36. The molecule has 0 spiro atoms. The van der Waals surface area contributed by atoms with Gasteiger partial charge >= 0.3 is 0 Å². The zero-order chi connectivity index (χ0) is 17.3. The molecule has 0 aliphatic carbocycles. The summed E-state index contributed by atoms with van der Waals surface area (Å²) < 4.78 is 0. The van der Waals surface area contributed by atoms with Gasteiger partial charge in [-0.3, -0.25) is 4.79 Å². The van der Waals surface area contributed by atoms with Crippen molar-refractivity contribution in [3.8, 4) is 0 Å². The van der Waals surface area contributed by atoms with Crippen molar-refractivity contribution >= 4 is 17.7 Å². The Bertz CT molecular complexity index is 735. The summed E-state index contributed by atoms with van der Waals surface area (Å²) in [5.41, 5.74) is 2.43. The molecule has 3 aromatic carbocycles. The summed E-state index contributed by atoms with van der Waals surface area (Å²) in [5, 5.41) is 3.09. The Balaban J connectivity index is 1.62. The molecule has 2 nitrogen and oxygen atoms in total. The van der Waals surface area contributed by atoms with Gasteiger partial charge in [-0.2, -0.15) is 0 Å². The van der Waals surface area contributed by atoms with Gasteiger partial charge in [-0.1, -0.05) is 78.9 Å². The average molecular weight is 347 g/mol. The third-order valence-electron chi connectivity index (χ3n) is 4.02. The number of carbonyl (C=O) groups is 1. The number of carbonyl (C=O) groups excluding carboxylic acids is 1. The Morgan fingerprint density at radius 3 is 1.76 bits per heavy atom. The van der Waals surface area contributed by atoms with Gasteiger partial charge in [0.25, 0.3) is 0 Å². The number of nitrogens with one attached hydrogen (secondary N) is 1. The van der Waals surface area contributed by atoms with Crippen molar-refractivity contribution < 1.29 is 4.79 Å². The van der Waals surface area contributed by atoms with Crippen molar-refractivity contribution in [2.45, 2.75) is 10.8 Å². The number of amides is 1. The fraction of sp³-hybridized carbons (Fsp3) is 0.136. The van der Waals surface area contributed by atoms with Crippen LogP contribution < -0.4 is 5.32 Å². The maximum atomic E-state index is 12.3. The van der Waals surface area contributed by atoms with E-state index in [0.29, 0.717) is 12.3 Å². The Kier molecular flexibility index (Phi) is 6.29. The van der Waals surface area contributed by atoms with Crippen molar-refractivity contribution in [3.05, 3.63) is 102 Å². The Labute approximate surface area is 153 Å². The first kappa shape index (κ1) is 17.3. The standard InChI is InChI=1S/C22H21NOS/c24-22(17-25-20-14-8-3-9-15-20)23-16-21(18-10-4-1-5-11-18)19-12-6-2-7-13-19/h1-15,21H,16-17H2,(H,23,24). The molecule has 1 amide bonds. The third-order valence-corrected chi connectivity index (χ3v) is 5.03. The van der Waals surface area contributed by atoms with Gasteiger partial charge in [0.05, 0.1) is 5.75 Å². The monoisotopic (exact) mass is 347 g/mol. The van der Waals surface area contributed by atoms with Crippen molar-refractivity contribution in [2.75, 3.05) is 12.3 Å². The Hall–Kier alpha value is -2.52. The lowest BCUT2D eigenvalue weighted by Crippen LogP contribution is -2.30. The molecule has 1 N–H and O–H groups in total. The van der Waals surface area contributed by atoms with Gasteiger partial charge < -0.3 is 5.32 Å². The highest BCUT2D eigenvalue weighted by atomic mass is 32.2. The zero-order valence-corrected chi connectivity index (χ0v) is 14.8. The second kappa shape index (κ2) is 9.09. The van der Waals surface area contributed by atoms with Crippen LogP contribution in [0.1, 0.15) is 17.0 Å². The number of thioether (sulfide) groups is 1. The molecule has 0 unspecified atom stereocenters. The Morgan fingerprint density at radius 2 is 1.24 bits per heavy atom. The molecule has 0 heterocycles. The van der Waals surface area contributed by atoms with Crippen molar-refractivity contribution in [1.82, 2.24) is 5.32 Å². The van der Waals surface area contributed by atoms with Crippen LogP contribution in [0.2, 0.25) is 0 Å². The fourth-order valence-electron chi connectivity index (χ4n) is 2.73. The van der Waals surface area contributed by atoms with E-state index in [9.17, 15) is 4.79 Å². The lowest BCUT2D eigenvalue weighted by molar-refractivity contribution is -0.118. The third kappa shape index (κ3) is 5.23. The summed E-state index contributed by atoms with van der Waals surface area (Å²) in [6.07, 6.45) is 0. The van der Waals surface area contributed by atoms with Gasteiger partial charge in [-0.15, -0.1) is 11.8 Å². The molecule has 0 saturated heterocycles. The molecule has 0 aliphatic rings. The second-order valence-corrected chi connectivity index (χ2v) is 6.83. The highest BCUT2D eigenvalue weighted by molar-refractivity contribution is 8.00. The van der Waals surface area contributed by atoms with E-state index in [4.69, 9.17) is 0 Å². The van der Waals surface area contributed by atoms with Gasteiger partial charge in [-0.05, 0) is 23.3 Å². The van der Waals surface area contributed by atoms with Gasteiger partial charge in [0.15, 0.2) is 0 Å². The van der Waals surface area contributed by atoms with Crippen LogP contribution >= 0.6 is 11.8 Å². The lowest BCUT2D eigenvalue weighted by atomic mass is 9.91. The van der Waals surface area contributed by atoms with Crippen molar-refractivity contribution in [2.24, 2.45) is 0 Å². The van der Waals surface area contributed by atoms with E-state index < -0.39 is 0 Å². The maximum absolute atomic E-state index is 12.3. The SMILES string of the molecule is O=C(CSc1ccccc1)NCC(c1ccccc1)c1ccccc1. The van der Waals surface area contributed by atoms with Crippen LogP contribution in [0.15, 0.2) is 95.9 Å². The zero-order valence-electron chi connectivity index (χ0n) is 14.0. The molecular weight excluding hydrogens is 326 g/mol. The molecule has 0 bridgehead atoms. The summed E-state index contributed by atoms with van der Waals surface area (Å²) in [4.78, 5) is 13.4. The van der Waals surface area contributed by atoms with Gasteiger partial charge in [0, 0.05) is 17.4 Å². The molecule has 0 fully saturated rings. The van der Waals surface area contributed by atoms with E-state index in [0.717, 1.165) is 4.90 Å². The fourth-order valence-corrected chi connectivity index (χ4v) is 3.48. The van der Waals surface area contributed by atoms with E-state index in [1.807, 2.05) is 66.7 Å². The molecule has 0 aliphatic heterocycles. The molecule has 3 heteroatoms. The van der Waals surface area contributed by atoms with Crippen LogP contribution in [0.5, 0.6) is 0 Å².